The van der Waals surface area contributed by atoms with Crippen molar-refractivity contribution in [3.8, 4) is 5.75 Å². The second-order valence-electron chi connectivity index (χ2n) is 5.57. The van der Waals surface area contributed by atoms with Crippen LogP contribution in [0.25, 0.3) is 0 Å². The molecule has 24 heavy (non-hydrogen) atoms. The first-order chi connectivity index (χ1) is 11.6. The molecule has 0 saturated carbocycles. The lowest BCUT2D eigenvalue weighted by Crippen LogP contribution is -2.32. The van der Waals surface area contributed by atoms with Crippen LogP contribution in [-0.4, -0.2) is 35.6 Å². The summed E-state index contributed by atoms with van der Waals surface area (Å²) in [5.41, 5.74) is 0.604. The van der Waals surface area contributed by atoms with Gasteiger partial charge >= 0.3 is 5.97 Å². The molecule has 0 bridgehead atoms. The fraction of sp³-hybridized carbons (Fsp3) is 0.333. The first kappa shape index (κ1) is 16.6. The number of rotatable bonds is 3. The summed E-state index contributed by atoms with van der Waals surface area (Å²) in [5.74, 6) is 1.93. The maximum atomic E-state index is 12.7. The fourth-order valence-electron chi connectivity index (χ4n) is 2.69. The molecule has 1 fully saturated rings. The molecule has 1 aliphatic rings. The quantitative estimate of drug-likeness (QED) is 0.629. The van der Waals surface area contributed by atoms with Gasteiger partial charge in [0.25, 0.3) is 5.91 Å². The number of esters is 1. The third-order valence-electron chi connectivity index (χ3n) is 3.85. The average Bonchev–Trinajstić information content (AvgIpc) is 2.99. The topological polar surface area (TPSA) is 59.8 Å². The highest BCUT2D eigenvalue weighted by Gasteiger charge is 2.24. The molecule has 1 atom stereocenters. The van der Waals surface area contributed by atoms with E-state index in [2.05, 4.69) is 0 Å². The zero-order valence-corrected chi connectivity index (χ0v) is 14.3. The number of ether oxygens (including phenoxy) is 1. The van der Waals surface area contributed by atoms with Gasteiger partial charge in [0.1, 0.15) is 11.5 Å². The first-order valence-corrected chi connectivity index (χ1v) is 8.91. The van der Waals surface area contributed by atoms with E-state index in [0.29, 0.717) is 29.7 Å². The van der Waals surface area contributed by atoms with Gasteiger partial charge in [-0.1, -0.05) is 0 Å². The Morgan fingerprint density at radius 2 is 2.00 bits per heavy atom. The normalized spacial score (nSPS) is 18.0. The highest BCUT2D eigenvalue weighted by molar-refractivity contribution is 7.99. The lowest BCUT2D eigenvalue weighted by molar-refractivity contribution is -0.131. The molecule has 5 nitrogen and oxygen atoms in total. The van der Waals surface area contributed by atoms with Crippen molar-refractivity contribution in [1.29, 1.82) is 0 Å². The van der Waals surface area contributed by atoms with E-state index in [0.717, 1.165) is 17.9 Å². The van der Waals surface area contributed by atoms with E-state index in [-0.39, 0.29) is 11.9 Å². The summed E-state index contributed by atoms with van der Waals surface area (Å²) in [6.45, 7) is 2.76. The molecule has 6 heteroatoms. The van der Waals surface area contributed by atoms with Crippen molar-refractivity contribution >= 4 is 23.6 Å². The maximum Gasteiger partial charge on any atom is 0.308 e. The minimum absolute atomic E-state index is 0.00469. The van der Waals surface area contributed by atoms with E-state index in [4.69, 9.17) is 9.15 Å². The molecule has 1 unspecified atom stereocenters. The molecule has 2 heterocycles. The molecule has 1 saturated heterocycles. The highest BCUT2D eigenvalue weighted by atomic mass is 32.2. The predicted octanol–water partition coefficient (Wildman–Crippen LogP) is 3.53. The van der Waals surface area contributed by atoms with Gasteiger partial charge in [0.05, 0.1) is 11.5 Å². The van der Waals surface area contributed by atoms with Gasteiger partial charge < -0.3 is 14.1 Å². The molecule has 0 radical (unpaired) electrons. The Morgan fingerprint density at radius 3 is 2.67 bits per heavy atom. The second-order valence-corrected chi connectivity index (χ2v) is 6.88. The minimum atomic E-state index is -0.373. The summed E-state index contributed by atoms with van der Waals surface area (Å²) in [4.78, 5) is 25.5. The zero-order valence-electron chi connectivity index (χ0n) is 13.4. The number of amides is 1. The van der Waals surface area contributed by atoms with E-state index in [1.807, 2.05) is 28.8 Å². The van der Waals surface area contributed by atoms with Crippen molar-refractivity contribution in [2.45, 2.75) is 18.6 Å². The van der Waals surface area contributed by atoms with Crippen LogP contribution in [0.2, 0.25) is 0 Å². The Labute approximate surface area is 145 Å². The molecule has 126 valence electrons. The first-order valence-electron chi connectivity index (χ1n) is 7.86. The summed E-state index contributed by atoms with van der Waals surface area (Å²) in [5, 5.41) is 0.296. The Morgan fingerprint density at radius 1 is 1.21 bits per heavy atom. The van der Waals surface area contributed by atoms with Gasteiger partial charge in [-0.25, -0.2) is 0 Å². The van der Waals surface area contributed by atoms with Crippen LogP contribution < -0.4 is 4.74 Å². The van der Waals surface area contributed by atoms with Gasteiger partial charge in [0.15, 0.2) is 0 Å². The third-order valence-corrected chi connectivity index (χ3v) is 5.14. The number of carbonyl (C=O) groups is 2. The van der Waals surface area contributed by atoms with E-state index >= 15 is 0 Å². The summed E-state index contributed by atoms with van der Waals surface area (Å²) in [6, 6.07) is 10.6. The molecule has 1 aromatic heterocycles. The Kier molecular flexibility index (Phi) is 5.25. The monoisotopic (exact) mass is 345 g/mol. The van der Waals surface area contributed by atoms with Crippen LogP contribution in [0.3, 0.4) is 0 Å². The van der Waals surface area contributed by atoms with Gasteiger partial charge in [-0.3, -0.25) is 9.59 Å². The van der Waals surface area contributed by atoms with Crippen molar-refractivity contribution in [2.75, 3.05) is 18.8 Å². The molecular weight excluding hydrogens is 326 g/mol. The number of hydrogen-bond acceptors (Lipinski definition) is 5. The van der Waals surface area contributed by atoms with Crippen LogP contribution in [0.5, 0.6) is 5.75 Å². The Balaban J connectivity index is 1.63. The smallest absolute Gasteiger partial charge is 0.308 e. The molecule has 3 rings (SSSR count). The van der Waals surface area contributed by atoms with E-state index in [1.54, 1.807) is 30.5 Å². The second kappa shape index (κ2) is 7.57. The van der Waals surface area contributed by atoms with Crippen LogP contribution in [0.4, 0.5) is 0 Å². The highest BCUT2D eigenvalue weighted by Crippen LogP contribution is 2.34. The van der Waals surface area contributed by atoms with Gasteiger partial charge in [0.2, 0.25) is 0 Å². The molecule has 1 aliphatic heterocycles. The van der Waals surface area contributed by atoms with Crippen LogP contribution in [-0.2, 0) is 4.79 Å². The summed E-state index contributed by atoms with van der Waals surface area (Å²) in [7, 11) is 0. The predicted molar refractivity (Wildman–Crippen MR) is 92.2 cm³/mol. The molecular formula is C18H19NO4S. The lowest BCUT2D eigenvalue weighted by atomic mass is 10.1. The summed E-state index contributed by atoms with van der Waals surface area (Å²) >= 11 is 1.82. The van der Waals surface area contributed by atoms with Gasteiger partial charge in [-0.15, -0.1) is 11.8 Å². The number of furan rings is 1. The summed E-state index contributed by atoms with van der Waals surface area (Å²) < 4.78 is 10.5. The van der Waals surface area contributed by atoms with Gasteiger partial charge in [0, 0.05) is 31.3 Å². The van der Waals surface area contributed by atoms with Crippen molar-refractivity contribution < 1.29 is 18.7 Å². The Bertz CT molecular complexity index is 696. The van der Waals surface area contributed by atoms with Crippen LogP contribution >= 0.6 is 11.8 Å². The van der Waals surface area contributed by atoms with Gasteiger partial charge in [-0.05, 0) is 42.8 Å². The standard InChI is InChI=1S/C18H19NO4S/c1-13(20)23-15-6-4-14(5-7-15)18(21)19-9-8-17(24-12-10-19)16-3-2-11-22-16/h2-7,11,17H,8-10,12H2,1H3. The van der Waals surface area contributed by atoms with E-state index in [1.165, 1.54) is 6.92 Å². The average molecular weight is 345 g/mol. The maximum absolute atomic E-state index is 12.7. The number of thioether (sulfide) groups is 1. The molecule has 2 aromatic rings. The minimum Gasteiger partial charge on any atom is -0.468 e. The molecule has 0 spiro atoms. The van der Waals surface area contributed by atoms with Crippen LogP contribution in [0, 0.1) is 0 Å². The molecule has 0 N–H and O–H groups in total. The molecule has 1 aromatic carbocycles. The number of hydrogen-bond donors (Lipinski definition) is 0. The van der Waals surface area contributed by atoms with E-state index < -0.39 is 0 Å². The molecule has 0 aliphatic carbocycles. The lowest BCUT2D eigenvalue weighted by Gasteiger charge is -2.20. The van der Waals surface area contributed by atoms with Crippen molar-refractivity contribution in [1.82, 2.24) is 4.90 Å². The fourth-order valence-corrected chi connectivity index (χ4v) is 3.87. The number of carbonyl (C=O) groups excluding carboxylic acids is 2. The van der Waals surface area contributed by atoms with Gasteiger partial charge in [-0.2, -0.15) is 0 Å². The third kappa shape index (κ3) is 4.00. The van der Waals surface area contributed by atoms with Crippen molar-refractivity contribution in [2.24, 2.45) is 0 Å². The molecule has 1 amide bonds. The number of nitrogens with zero attached hydrogens (tertiary/aromatic N) is 1. The van der Waals surface area contributed by atoms with Crippen LogP contribution in [0.1, 0.15) is 34.7 Å². The summed E-state index contributed by atoms with van der Waals surface area (Å²) in [6.07, 6.45) is 2.56. The van der Waals surface area contributed by atoms with Crippen molar-refractivity contribution in [3.63, 3.8) is 0 Å². The zero-order chi connectivity index (χ0) is 16.9. The number of benzene rings is 1. The SMILES string of the molecule is CC(=O)Oc1ccc(C(=O)N2CCSC(c3ccco3)CC2)cc1. The Hall–Kier alpha value is -2.21. The van der Waals surface area contributed by atoms with E-state index in [9.17, 15) is 9.59 Å². The largest absolute Gasteiger partial charge is 0.468 e. The van der Waals surface area contributed by atoms with Crippen LogP contribution in [0.15, 0.2) is 47.1 Å². The van der Waals surface area contributed by atoms with Crippen molar-refractivity contribution in [3.05, 3.63) is 54.0 Å².